The first-order valence-corrected chi connectivity index (χ1v) is 3.52. The van der Waals surface area contributed by atoms with Gasteiger partial charge in [0.1, 0.15) is 0 Å². The van der Waals surface area contributed by atoms with Gasteiger partial charge in [-0.3, -0.25) is 4.98 Å². The van der Waals surface area contributed by atoms with E-state index in [1.807, 2.05) is 6.20 Å². The third kappa shape index (κ3) is 0.727. The van der Waals surface area contributed by atoms with Gasteiger partial charge in [0.25, 0.3) is 0 Å². The molecule has 2 nitrogen and oxygen atoms in total. The van der Waals surface area contributed by atoms with Crippen molar-refractivity contribution in [2.45, 2.75) is 20.0 Å². The molecule has 1 aromatic rings. The molecular formula is C8H10N2. The maximum Gasteiger partial charge on any atom is 0.0420 e. The lowest BCUT2D eigenvalue weighted by Gasteiger charge is -1.98. The molecule has 0 amide bonds. The fraction of sp³-hybridized carbons (Fsp3) is 0.375. The van der Waals surface area contributed by atoms with E-state index in [4.69, 9.17) is 0 Å². The third-order valence-electron chi connectivity index (χ3n) is 1.99. The minimum absolute atomic E-state index is 0.995. The first-order chi connectivity index (χ1) is 4.88. The average molecular weight is 134 g/mol. The summed E-state index contributed by atoms with van der Waals surface area (Å²) < 4.78 is 0. The van der Waals surface area contributed by atoms with Crippen molar-refractivity contribution in [1.82, 2.24) is 10.3 Å². The lowest BCUT2D eigenvalue weighted by atomic mass is 10.1. The van der Waals surface area contributed by atoms with Gasteiger partial charge >= 0.3 is 0 Å². The number of nitrogens with one attached hydrogen (secondary N) is 1. The molecule has 2 heterocycles. The van der Waals surface area contributed by atoms with Crippen LogP contribution in [0.4, 0.5) is 0 Å². The van der Waals surface area contributed by atoms with Crippen molar-refractivity contribution in [2.24, 2.45) is 0 Å². The molecule has 1 aliphatic heterocycles. The molecule has 0 aliphatic carbocycles. The van der Waals surface area contributed by atoms with Crippen molar-refractivity contribution in [3.05, 3.63) is 29.1 Å². The number of hydrogen-bond donors (Lipinski definition) is 1. The van der Waals surface area contributed by atoms with E-state index in [1.54, 1.807) is 0 Å². The first-order valence-electron chi connectivity index (χ1n) is 3.52. The van der Waals surface area contributed by atoms with Crippen LogP contribution in [0.25, 0.3) is 0 Å². The maximum absolute atomic E-state index is 4.21. The number of pyridine rings is 1. The van der Waals surface area contributed by atoms with Crippen LogP contribution in [0.2, 0.25) is 0 Å². The van der Waals surface area contributed by atoms with Crippen LogP contribution >= 0.6 is 0 Å². The summed E-state index contributed by atoms with van der Waals surface area (Å²) in [6.45, 7) is 4.07. The van der Waals surface area contributed by atoms with Crippen molar-refractivity contribution < 1.29 is 0 Å². The number of nitrogens with zero attached hydrogens (tertiary/aromatic N) is 1. The molecule has 1 N–H and O–H groups in total. The molecule has 2 rings (SSSR count). The largest absolute Gasteiger partial charge is 0.309 e. The Morgan fingerprint density at radius 3 is 3.20 bits per heavy atom. The van der Waals surface area contributed by atoms with E-state index in [1.165, 1.54) is 16.8 Å². The fourth-order valence-corrected chi connectivity index (χ4v) is 1.38. The van der Waals surface area contributed by atoms with Gasteiger partial charge < -0.3 is 5.32 Å². The Bertz CT molecular complexity index is 255. The Hall–Kier alpha value is -0.890. The quantitative estimate of drug-likeness (QED) is 0.572. The van der Waals surface area contributed by atoms with E-state index < -0.39 is 0 Å². The van der Waals surface area contributed by atoms with Crippen LogP contribution in [0.15, 0.2) is 12.3 Å². The minimum atomic E-state index is 0.995. The molecule has 0 atom stereocenters. The van der Waals surface area contributed by atoms with Crippen LogP contribution in [0.3, 0.4) is 0 Å². The standard InChI is InChI=1S/C8H10N2/c1-6-8-5-9-4-7(8)2-3-10-6/h2-3,9H,4-5H2,1H3. The Balaban J connectivity index is 2.59. The van der Waals surface area contributed by atoms with E-state index in [9.17, 15) is 0 Å². The molecule has 0 unspecified atom stereocenters. The van der Waals surface area contributed by atoms with Gasteiger partial charge in [0.05, 0.1) is 0 Å². The SMILES string of the molecule is Cc1nccc2c1CNC2. The molecule has 0 spiro atoms. The molecule has 0 fully saturated rings. The van der Waals surface area contributed by atoms with Gasteiger partial charge in [-0.05, 0) is 24.1 Å². The molecule has 1 aliphatic rings. The summed E-state index contributed by atoms with van der Waals surface area (Å²) in [7, 11) is 0. The Labute approximate surface area is 60.3 Å². The van der Waals surface area contributed by atoms with Crippen LogP contribution in [0.5, 0.6) is 0 Å². The van der Waals surface area contributed by atoms with Gasteiger partial charge in [-0.1, -0.05) is 0 Å². The molecule has 10 heavy (non-hydrogen) atoms. The van der Waals surface area contributed by atoms with Crippen molar-refractivity contribution in [2.75, 3.05) is 0 Å². The van der Waals surface area contributed by atoms with E-state index >= 15 is 0 Å². The average Bonchev–Trinajstić information content (AvgIpc) is 2.36. The highest BCUT2D eigenvalue weighted by molar-refractivity contribution is 5.31. The van der Waals surface area contributed by atoms with Crippen molar-refractivity contribution >= 4 is 0 Å². The fourth-order valence-electron chi connectivity index (χ4n) is 1.38. The van der Waals surface area contributed by atoms with Crippen LogP contribution in [0.1, 0.15) is 16.8 Å². The molecule has 0 saturated carbocycles. The van der Waals surface area contributed by atoms with Gasteiger partial charge in [0, 0.05) is 25.0 Å². The van der Waals surface area contributed by atoms with Crippen LogP contribution in [-0.4, -0.2) is 4.98 Å². The zero-order chi connectivity index (χ0) is 6.97. The lowest BCUT2D eigenvalue weighted by molar-refractivity contribution is 0.762. The number of fused-ring (bicyclic) bond motifs is 1. The predicted molar refractivity (Wildman–Crippen MR) is 39.5 cm³/mol. The van der Waals surface area contributed by atoms with Gasteiger partial charge in [0.15, 0.2) is 0 Å². The van der Waals surface area contributed by atoms with Crippen molar-refractivity contribution in [3.8, 4) is 0 Å². The van der Waals surface area contributed by atoms with Gasteiger partial charge in [-0.25, -0.2) is 0 Å². The first kappa shape index (κ1) is 5.86. The van der Waals surface area contributed by atoms with E-state index in [2.05, 4.69) is 23.3 Å². The van der Waals surface area contributed by atoms with E-state index in [0.717, 1.165) is 13.1 Å². The molecule has 0 bridgehead atoms. The zero-order valence-corrected chi connectivity index (χ0v) is 6.02. The van der Waals surface area contributed by atoms with E-state index in [-0.39, 0.29) is 0 Å². The van der Waals surface area contributed by atoms with Crippen molar-refractivity contribution in [1.29, 1.82) is 0 Å². The second-order valence-corrected chi connectivity index (χ2v) is 2.64. The highest BCUT2D eigenvalue weighted by Gasteiger charge is 2.11. The normalized spacial score (nSPS) is 15.3. The van der Waals surface area contributed by atoms with Gasteiger partial charge in [0.2, 0.25) is 0 Å². The summed E-state index contributed by atoms with van der Waals surface area (Å²) in [5, 5.41) is 3.29. The maximum atomic E-state index is 4.21. The Morgan fingerprint density at radius 1 is 1.50 bits per heavy atom. The molecule has 0 aromatic carbocycles. The van der Waals surface area contributed by atoms with Crippen LogP contribution in [0, 0.1) is 6.92 Å². The summed E-state index contributed by atoms with van der Waals surface area (Å²) >= 11 is 0. The smallest absolute Gasteiger partial charge is 0.0420 e. The highest BCUT2D eigenvalue weighted by atomic mass is 14.9. The molecule has 0 radical (unpaired) electrons. The lowest BCUT2D eigenvalue weighted by Crippen LogP contribution is -2.00. The number of aryl methyl sites for hydroxylation is 1. The summed E-state index contributed by atoms with van der Waals surface area (Å²) in [6, 6.07) is 2.09. The third-order valence-corrected chi connectivity index (χ3v) is 1.99. The number of hydrogen-bond acceptors (Lipinski definition) is 2. The number of rotatable bonds is 0. The monoisotopic (exact) mass is 134 g/mol. The van der Waals surface area contributed by atoms with Crippen LogP contribution in [-0.2, 0) is 13.1 Å². The van der Waals surface area contributed by atoms with Crippen LogP contribution < -0.4 is 5.32 Å². The predicted octanol–water partition coefficient (Wildman–Crippen LogP) is 0.993. The number of aromatic nitrogens is 1. The Kier molecular flexibility index (Phi) is 1.21. The minimum Gasteiger partial charge on any atom is -0.309 e. The second-order valence-electron chi connectivity index (χ2n) is 2.64. The van der Waals surface area contributed by atoms with Gasteiger partial charge in [-0.2, -0.15) is 0 Å². The molecule has 2 heteroatoms. The van der Waals surface area contributed by atoms with E-state index in [0.29, 0.717) is 0 Å². The summed E-state index contributed by atoms with van der Waals surface area (Å²) in [4.78, 5) is 4.21. The highest BCUT2D eigenvalue weighted by Crippen LogP contribution is 2.16. The zero-order valence-electron chi connectivity index (χ0n) is 6.02. The molecule has 0 saturated heterocycles. The van der Waals surface area contributed by atoms with Crippen molar-refractivity contribution in [3.63, 3.8) is 0 Å². The summed E-state index contributed by atoms with van der Waals surface area (Å²) in [6.07, 6.45) is 1.88. The Morgan fingerprint density at radius 2 is 2.40 bits per heavy atom. The molecule has 1 aromatic heterocycles. The topological polar surface area (TPSA) is 24.9 Å². The van der Waals surface area contributed by atoms with Gasteiger partial charge in [-0.15, -0.1) is 0 Å². The summed E-state index contributed by atoms with van der Waals surface area (Å²) in [5.74, 6) is 0. The molecular weight excluding hydrogens is 124 g/mol. The second kappa shape index (κ2) is 2.06. The summed E-state index contributed by atoms with van der Waals surface area (Å²) in [5.41, 5.74) is 3.97. The molecule has 52 valence electrons.